The maximum absolute atomic E-state index is 13.8. The second-order valence-corrected chi connectivity index (χ2v) is 5.73. The van der Waals surface area contributed by atoms with E-state index in [1.54, 1.807) is 12.1 Å². The summed E-state index contributed by atoms with van der Waals surface area (Å²) in [6, 6.07) is 6.24. The van der Waals surface area contributed by atoms with Crippen molar-refractivity contribution in [3.05, 3.63) is 34.3 Å². The van der Waals surface area contributed by atoms with Crippen LogP contribution in [0.5, 0.6) is 0 Å². The summed E-state index contributed by atoms with van der Waals surface area (Å²) >= 11 is 3.19. The number of benzene rings is 1. The minimum absolute atomic E-state index is 0.0265. The first kappa shape index (κ1) is 13.6. The highest BCUT2D eigenvalue weighted by Gasteiger charge is 2.32. The van der Waals surface area contributed by atoms with E-state index in [0.29, 0.717) is 4.47 Å². The number of hydrogen-bond acceptors (Lipinski definition) is 1. The Morgan fingerprint density at radius 3 is 2.38 bits per heavy atom. The molecule has 0 aliphatic carbocycles. The van der Waals surface area contributed by atoms with Crippen LogP contribution in [-0.4, -0.2) is 12.1 Å². The van der Waals surface area contributed by atoms with Crippen LogP contribution in [0.3, 0.4) is 0 Å². The average Bonchev–Trinajstić information content (AvgIpc) is 2.14. The van der Waals surface area contributed by atoms with Gasteiger partial charge in [0.2, 0.25) is 0 Å². The van der Waals surface area contributed by atoms with E-state index >= 15 is 0 Å². The number of rotatable bonds is 3. The third-order valence-corrected chi connectivity index (χ3v) is 2.58. The van der Waals surface area contributed by atoms with Gasteiger partial charge in [0, 0.05) is 15.6 Å². The van der Waals surface area contributed by atoms with Crippen LogP contribution >= 0.6 is 15.9 Å². The molecular formula is C12H16BrF2N. The fourth-order valence-corrected chi connectivity index (χ4v) is 1.59. The molecule has 4 heteroatoms. The van der Waals surface area contributed by atoms with Gasteiger partial charge < -0.3 is 5.32 Å². The molecule has 0 aliphatic rings. The summed E-state index contributed by atoms with van der Waals surface area (Å²) in [5.74, 6) is -2.85. The highest BCUT2D eigenvalue weighted by Crippen LogP contribution is 2.29. The number of halogens is 3. The van der Waals surface area contributed by atoms with E-state index in [9.17, 15) is 8.78 Å². The zero-order chi connectivity index (χ0) is 12.4. The SMILES string of the molecule is CC(C)(C)NCC(F)(F)c1cccc(Br)c1. The lowest BCUT2D eigenvalue weighted by molar-refractivity contribution is -0.00865. The fraction of sp³-hybridized carbons (Fsp3) is 0.500. The van der Waals surface area contributed by atoms with Crippen molar-refractivity contribution in [3.63, 3.8) is 0 Å². The van der Waals surface area contributed by atoms with Gasteiger partial charge in [-0.25, -0.2) is 0 Å². The van der Waals surface area contributed by atoms with Crippen LogP contribution in [0.2, 0.25) is 0 Å². The van der Waals surface area contributed by atoms with Crippen LogP contribution in [0.4, 0.5) is 8.78 Å². The Bertz CT molecular complexity index is 358. The zero-order valence-electron chi connectivity index (χ0n) is 9.65. The molecule has 1 rings (SSSR count). The van der Waals surface area contributed by atoms with Gasteiger partial charge in [-0.05, 0) is 32.9 Å². The summed E-state index contributed by atoms with van der Waals surface area (Å²) in [4.78, 5) is 0. The van der Waals surface area contributed by atoms with Gasteiger partial charge in [0.25, 0.3) is 5.92 Å². The van der Waals surface area contributed by atoms with Gasteiger partial charge in [-0.3, -0.25) is 0 Å². The van der Waals surface area contributed by atoms with E-state index in [1.165, 1.54) is 12.1 Å². The molecule has 90 valence electrons. The van der Waals surface area contributed by atoms with Crippen molar-refractivity contribution in [2.24, 2.45) is 0 Å². The van der Waals surface area contributed by atoms with Crippen molar-refractivity contribution < 1.29 is 8.78 Å². The third-order valence-electron chi connectivity index (χ3n) is 2.09. The highest BCUT2D eigenvalue weighted by atomic mass is 79.9. The normalized spacial score (nSPS) is 12.9. The summed E-state index contributed by atoms with van der Waals surface area (Å²) in [6.45, 7) is 5.24. The van der Waals surface area contributed by atoms with Crippen molar-refractivity contribution in [2.75, 3.05) is 6.54 Å². The molecular weight excluding hydrogens is 276 g/mol. The minimum atomic E-state index is -2.85. The topological polar surface area (TPSA) is 12.0 Å². The highest BCUT2D eigenvalue weighted by molar-refractivity contribution is 9.10. The second-order valence-electron chi connectivity index (χ2n) is 4.82. The minimum Gasteiger partial charge on any atom is -0.306 e. The van der Waals surface area contributed by atoms with Gasteiger partial charge in [0.1, 0.15) is 0 Å². The van der Waals surface area contributed by atoms with Gasteiger partial charge in [-0.1, -0.05) is 28.1 Å². The van der Waals surface area contributed by atoms with Gasteiger partial charge in [-0.15, -0.1) is 0 Å². The number of alkyl halides is 2. The Hall–Kier alpha value is -0.480. The second kappa shape index (κ2) is 4.80. The lowest BCUT2D eigenvalue weighted by atomic mass is 10.1. The van der Waals surface area contributed by atoms with Crippen molar-refractivity contribution in [1.29, 1.82) is 0 Å². The van der Waals surface area contributed by atoms with Crippen LogP contribution < -0.4 is 5.32 Å². The van der Waals surface area contributed by atoms with Crippen LogP contribution in [0, 0.1) is 0 Å². The first-order valence-electron chi connectivity index (χ1n) is 5.10. The first-order chi connectivity index (χ1) is 7.21. The smallest absolute Gasteiger partial charge is 0.285 e. The monoisotopic (exact) mass is 291 g/mol. The molecule has 16 heavy (non-hydrogen) atoms. The largest absolute Gasteiger partial charge is 0.306 e. The Balaban J connectivity index is 2.77. The molecule has 0 fully saturated rings. The quantitative estimate of drug-likeness (QED) is 0.890. The molecule has 1 N–H and O–H groups in total. The van der Waals surface area contributed by atoms with Crippen LogP contribution in [0.25, 0.3) is 0 Å². The molecule has 0 atom stereocenters. The Kier molecular flexibility index (Phi) is 4.07. The molecule has 0 aliphatic heterocycles. The Morgan fingerprint density at radius 1 is 1.25 bits per heavy atom. The predicted molar refractivity (Wildman–Crippen MR) is 65.8 cm³/mol. The Morgan fingerprint density at radius 2 is 1.88 bits per heavy atom. The van der Waals surface area contributed by atoms with Crippen molar-refractivity contribution in [3.8, 4) is 0 Å². The van der Waals surface area contributed by atoms with Gasteiger partial charge in [0.05, 0.1) is 6.54 Å². The average molecular weight is 292 g/mol. The molecule has 0 amide bonds. The van der Waals surface area contributed by atoms with Crippen molar-refractivity contribution in [2.45, 2.75) is 32.2 Å². The number of hydrogen-bond donors (Lipinski definition) is 1. The van der Waals surface area contributed by atoms with Crippen LogP contribution in [0.1, 0.15) is 26.3 Å². The molecule has 1 aromatic rings. The van der Waals surface area contributed by atoms with Gasteiger partial charge in [0.15, 0.2) is 0 Å². The molecule has 0 saturated heterocycles. The fourth-order valence-electron chi connectivity index (χ4n) is 1.19. The van der Waals surface area contributed by atoms with Crippen LogP contribution in [-0.2, 0) is 5.92 Å². The molecule has 0 spiro atoms. The summed E-state index contributed by atoms with van der Waals surface area (Å²) in [5.41, 5.74) is -0.284. The molecule has 0 heterocycles. The molecule has 1 aromatic carbocycles. The molecule has 0 unspecified atom stereocenters. The molecule has 0 radical (unpaired) electrons. The lowest BCUT2D eigenvalue weighted by Gasteiger charge is -2.25. The van der Waals surface area contributed by atoms with Gasteiger partial charge in [-0.2, -0.15) is 8.78 Å². The van der Waals surface area contributed by atoms with E-state index in [4.69, 9.17) is 0 Å². The van der Waals surface area contributed by atoms with E-state index in [1.807, 2.05) is 20.8 Å². The summed E-state index contributed by atoms with van der Waals surface area (Å²) in [6.07, 6.45) is 0. The molecule has 1 nitrogen and oxygen atoms in total. The third kappa shape index (κ3) is 4.18. The van der Waals surface area contributed by atoms with Crippen molar-refractivity contribution >= 4 is 15.9 Å². The van der Waals surface area contributed by atoms with E-state index < -0.39 is 5.92 Å². The summed E-state index contributed by atoms with van der Waals surface area (Å²) in [5, 5.41) is 2.81. The first-order valence-corrected chi connectivity index (χ1v) is 5.89. The van der Waals surface area contributed by atoms with E-state index in [0.717, 1.165) is 0 Å². The molecule has 0 bridgehead atoms. The summed E-state index contributed by atoms with van der Waals surface area (Å²) < 4.78 is 28.2. The standard InChI is InChI=1S/C12H16BrF2N/c1-11(2,3)16-8-12(14,15)9-5-4-6-10(13)7-9/h4-7,16H,8H2,1-3H3. The van der Waals surface area contributed by atoms with E-state index in [2.05, 4.69) is 21.2 Å². The maximum atomic E-state index is 13.8. The lowest BCUT2D eigenvalue weighted by Crippen LogP contribution is -2.42. The molecule has 0 saturated carbocycles. The summed E-state index contributed by atoms with van der Waals surface area (Å²) in [7, 11) is 0. The van der Waals surface area contributed by atoms with Crippen LogP contribution in [0.15, 0.2) is 28.7 Å². The maximum Gasteiger partial charge on any atom is 0.285 e. The molecule has 0 aromatic heterocycles. The predicted octanol–water partition coefficient (Wildman–Crippen LogP) is 3.93. The number of nitrogens with one attached hydrogen (secondary N) is 1. The Labute approximate surface area is 103 Å². The van der Waals surface area contributed by atoms with Gasteiger partial charge >= 0.3 is 0 Å². The zero-order valence-corrected chi connectivity index (χ0v) is 11.2. The van der Waals surface area contributed by atoms with E-state index in [-0.39, 0.29) is 17.6 Å². The van der Waals surface area contributed by atoms with Crippen molar-refractivity contribution in [1.82, 2.24) is 5.32 Å².